The van der Waals surface area contributed by atoms with Crippen molar-refractivity contribution < 1.29 is 4.79 Å². The van der Waals surface area contributed by atoms with Crippen LogP contribution in [0.15, 0.2) is 12.3 Å². The molecule has 4 rings (SSSR count). The van der Waals surface area contributed by atoms with Gasteiger partial charge in [-0.05, 0) is 45.2 Å². The molecule has 0 spiro atoms. The monoisotopic (exact) mass is 353 g/mol. The maximum atomic E-state index is 11.9. The Labute approximate surface area is 154 Å². The summed E-state index contributed by atoms with van der Waals surface area (Å²) in [5.74, 6) is 1.14. The molecule has 0 bridgehead atoms. The van der Waals surface area contributed by atoms with E-state index in [2.05, 4.69) is 34.5 Å². The first-order valence-corrected chi connectivity index (χ1v) is 9.54. The smallest absolute Gasteiger partial charge is 0.219 e. The molecule has 6 heteroatoms. The Morgan fingerprint density at radius 1 is 1.23 bits per heavy atom. The zero-order chi connectivity index (χ0) is 18.4. The Kier molecular flexibility index (Phi) is 4.21. The molecule has 2 aliphatic rings. The van der Waals surface area contributed by atoms with Gasteiger partial charge in [0, 0.05) is 49.4 Å². The van der Waals surface area contributed by atoms with Crippen LogP contribution >= 0.6 is 0 Å². The molecule has 0 saturated carbocycles. The zero-order valence-corrected chi connectivity index (χ0v) is 16.1. The summed E-state index contributed by atoms with van der Waals surface area (Å²) in [6.45, 7) is 10.4. The number of amides is 1. The SMILES string of the molecule is CC(=O)N1CCc2c(c(N3CCCc4cc(C)ncc43)nn2C(C)C)C1. The number of nitrogens with zero attached hydrogens (tertiary/aromatic N) is 5. The number of hydrogen-bond acceptors (Lipinski definition) is 4. The van der Waals surface area contributed by atoms with Crippen LogP contribution in [0.4, 0.5) is 11.5 Å². The van der Waals surface area contributed by atoms with Gasteiger partial charge in [0.1, 0.15) is 0 Å². The minimum absolute atomic E-state index is 0.134. The molecule has 0 aliphatic carbocycles. The van der Waals surface area contributed by atoms with Crippen molar-refractivity contribution >= 4 is 17.4 Å². The van der Waals surface area contributed by atoms with E-state index >= 15 is 0 Å². The molecule has 138 valence electrons. The molecule has 2 aromatic heterocycles. The van der Waals surface area contributed by atoms with Gasteiger partial charge in [-0.3, -0.25) is 14.5 Å². The van der Waals surface area contributed by atoms with Gasteiger partial charge in [0.2, 0.25) is 5.91 Å². The summed E-state index contributed by atoms with van der Waals surface area (Å²) in [6.07, 6.45) is 5.04. The zero-order valence-electron chi connectivity index (χ0n) is 16.1. The lowest BCUT2D eigenvalue weighted by molar-refractivity contribution is -0.129. The molecule has 0 aromatic carbocycles. The third-order valence-corrected chi connectivity index (χ3v) is 5.48. The van der Waals surface area contributed by atoms with Gasteiger partial charge >= 0.3 is 0 Å². The number of rotatable bonds is 2. The van der Waals surface area contributed by atoms with Crippen LogP contribution in [-0.4, -0.2) is 38.7 Å². The predicted molar refractivity (Wildman–Crippen MR) is 102 cm³/mol. The fraction of sp³-hybridized carbons (Fsp3) is 0.550. The Bertz CT molecular complexity index is 854. The second-order valence-electron chi connectivity index (χ2n) is 7.69. The van der Waals surface area contributed by atoms with Crippen molar-refractivity contribution in [2.24, 2.45) is 0 Å². The van der Waals surface area contributed by atoms with Crippen LogP contribution in [0.25, 0.3) is 0 Å². The Morgan fingerprint density at radius 3 is 2.77 bits per heavy atom. The second kappa shape index (κ2) is 6.41. The number of carbonyl (C=O) groups excluding carboxylic acids is 1. The summed E-state index contributed by atoms with van der Waals surface area (Å²) in [4.78, 5) is 20.7. The van der Waals surface area contributed by atoms with Crippen molar-refractivity contribution in [1.82, 2.24) is 19.7 Å². The molecule has 0 N–H and O–H groups in total. The van der Waals surface area contributed by atoms with Crippen LogP contribution in [0.2, 0.25) is 0 Å². The molecule has 0 atom stereocenters. The van der Waals surface area contributed by atoms with Crippen LogP contribution in [0.3, 0.4) is 0 Å². The normalized spacial score (nSPS) is 16.7. The number of aromatic nitrogens is 3. The summed E-state index contributed by atoms with van der Waals surface area (Å²) >= 11 is 0. The Morgan fingerprint density at radius 2 is 2.04 bits per heavy atom. The molecule has 26 heavy (non-hydrogen) atoms. The topological polar surface area (TPSA) is 54.3 Å². The summed E-state index contributed by atoms with van der Waals surface area (Å²) in [7, 11) is 0. The number of fused-ring (bicyclic) bond motifs is 2. The van der Waals surface area contributed by atoms with E-state index in [0.717, 1.165) is 49.6 Å². The average molecular weight is 353 g/mol. The van der Waals surface area contributed by atoms with E-state index in [1.54, 1.807) is 6.92 Å². The largest absolute Gasteiger partial charge is 0.338 e. The highest BCUT2D eigenvalue weighted by molar-refractivity contribution is 5.75. The van der Waals surface area contributed by atoms with Crippen LogP contribution in [-0.2, 0) is 24.2 Å². The van der Waals surface area contributed by atoms with Crippen molar-refractivity contribution in [3.05, 3.63) is 34.8 Å². The standard InChI is InChI=1S/C20H27N5O/c1-13(2)25-18-7-9-23(15(4)26)12-17(18)20(22-25)24-8-5-6-16-10-14(3)21-11-19(16)24/h10-11,13H,5-9,12H2,1-4H3. The fourth-order valence-electron chi connectivity index (χ4n) is 4.16. The van der Waals surface area contributed by atoms with Crippen molar-refractivity contribution in [3.63, 3.8) is 0 Å². The summed E-state index contributed by atoms with van der Waals surface area (Å²) in [5.41, 5.74) is 6.05. The summed E-state index contributed by atoms with van der Waals surface area (Å²) in [5, 5.41) is 5.01. The minimum atomic E-state index is 0.134. The molecule has 0 fully saturated rings. The Balaban J connectivity index is 1.82. The van der Waals surface area contributed by atoms with Crippen LogP contribution in [0.5, 0.6) is 0 Å². The molecule has 4 heterocycles. The number of pyridine rings is 1. The van der Waals surface area contributed by atoms with Gasteiger partial charge in [-0.1, -0.05) is 0 Å². The first kappa shape index (κ1) is 17.1. The van der Waals surface area contributed by atoms with Crippen molar-refractivity contribution in [3.8, 4) is 0 Å². The quantitative estimate of drug-likeness (QED) is 0.832. The van der Waals surface area contributed by atoms with Gasteiger partial charge in [-0.15, -0.1) is 0 Å². The highest BCUT2D eigenvalue weighted by Gasteiger charge is 2.31. The second-order valence-corrected chi connectivity index (χ2v) is 7.69. The van der Waals surface area contributed by atoms with Gasteiger partial charge in [-0.25, -0.2) is 0 Å². The van der Waals surface area contributed by atoms with Gasteiger partial charge in [-0.2, -0.15) is 5.10 Å². The van der Waals surface area contributed by atoms with E-state index in [4.69, 9.17) is 5.10 Å². The van der Waals surface area contributed by atoms with Gasteiger partial charge < -0.3 is 9.80 Å². The number of aryl methyl sites for hydroxylation is 2. The lowest BCUT2D eigenvalue weighted by atomic mass is 10.0. The van der Waals surface area contributed by atoms with Crippen LogP contribution in [0.1, 0.15) is 55.7 Å². The maximum absolute atomic E-state index is 11.9. The lowest BCUT2D eigenvalue weighted by Crippen LogP contribution is -2.35. The molecular formula is C20H27N5O. The molecular weight excluding hydrogens is 326 g/mol. The molecule has 2 aliphatic heterocycles. The third-order valence-electron chi connectivity index (χ3n) is 5.48. The van der Waals surface area contributed by atoms with Gasteiger partial charge in [0.15, 0.2) is 5.82 Å². The number of hydrogen-bond donors (Lipinski definition) is 0. The maximum Gasteiger partial charge on any atom is 0.219 e. The minimum Gasteiger partial charge on any atom is -0.338 e. The van der Waals surface area contributed by atoms with Gasteiger partial charge in [0.25, 0.3) is 0 Å². The van der Waals surface area contributed by atoms with E-state index in [-0.39, 0.29) is 5.91 Å². The molecule has 0 radical (unpaired) electrons. The molecule has 2 aromatic rings. The van der Waals surface area contributed by atoms with E-state index in [1.165, 1.54) is 16.8 Å². The first-order valence-electron chi connectivity index (χ1n) is 9.54. The van der Waals surface area contributed by atoms with Gasteiger partial charge in [0.05, 0.1) is 18.4 Å². The lowest BCUT2D eigenvalue weighted by Gasteiger charge is -2.32. The number of carbonyl (C=O) groups is 1. The molecule has 1 amide bonds. The highest BCUT2D eigenvalue weighted by atomic mass is 16.2. The Hall–Kier alpha value is -2.37. The molecule has 0 saturated heterocycles. The predicted octanol–water partition coefficient (Wildman–Crippen LogP) is 3.16. The third kappa shape index (κ3) is 2.77. The summed E-state index contributed by atoms with van der Waals surface area (Å²) < 4.78 is 2.15. The van der Waals surface area contributed by atoms with Crippen LogP contribution < -0.4 is 4.90 Å². The molecule has 6 nitrogen and oxygen atoms in total. The van der Waals surface area contributed by atoms with E-state index in [0.29, 0.717) is 12.6 Å². The van der Waals surface area contributed by atoms with E-state index < -0.39 is 0 Å². The van der Waals surface area contributed by atoms with Crippen LogP contribution in [0, 0.1) is 6.92 Å². The van der Waals surface area contributed by atoms with E-state index in [9.17, 15) is 4.79 Å². The highest BCUT2D eigenvalue weighted by Crippen LogP contribution is 2.38. The van der Waals surface area contributed by atoms with Crippen molar-refractivity contribution in [2.75, 3.05) is 18.0 Å². The van der Waals surface area contributed by atoms with E-state index in [1.807, 2.05) is 18.0 Å². The van der Waals surface area contributed by atoms with Crippen molar-refractivity contribution in [2.45, 2.75) is 59.5 Å². The average Bonchev–Trinajstić information content (AvgIpc) is 2.99. The van der Waals surface area contributed by atoms with Crippen molar-refractivity contribution in [1.29, 1.82) is 0 Å². The summed E-state index contributed by atoms with van der Waals surface area (Å²) in [6, 6.07) is 2.50. The first-order chi connectivity index (χ1) is 12.5. The molecule has 0 unspecified atom stereocenters. The fourth-order valence-corrected chi connectivity index (χ4v) is 4.16. The number of anilines is 2.